The molecule has 1 rings (SSSR count). The van der Waals surface area contributed by atoms with Crippen molar-refractivity contribution in [3.8, 4) is 11.5 Å². The molecule has 0 saturated carbocycles. The average molecular weight is 320 g/mol. The van der Waals surface area contributed by atoms with E-state index in [0.29, 0.717) is 36.5 Å². The second-order valence-corrected chi connectivity index (χ2v) is 4.50. The molecule has 1 aromatic rings. The maximum absolute atomic E-state index is 9.65. The Kier molecular flexibility index (Phi) is 7.04. The summed E-state index contributed by atoms with van der Waals surface area (Å²) in [4.78, 5) is 0. The van der Waals surface area contributed by atoms with E-state index in [2.05, 4.69) is 21.2 Å². The van der Waals surface area contributed by atoms with Crippen LogP contribution in [-0.4, -0.2) is 43.7 Å². The number of aliphatic hydroxyl groups excluding tert-OH is 1. The average Bonchev–Trinajstić information content (AvgIpc) is 2.37. The molecular weight excluding hydrogens is 302 g/mol. The summed E-state index contributed by atoms with van der Waals surface area (Å²) < 4.78 is 10.8. The van der Waals surface area contributed by atoms with E-state index in [1.165, 1.54) is 7.11 Å². The first kappa shape index (κ1) is 15.2. The minimum Gasteiger partial charge on any atom is -0.503 e. The van der Waals surface area contributed by atoms with Gasteiger partial charge in [0.2, 0.25) is 0 Å². The topological polar surface area (TPSA) is 71.0 Å². The molecule has 0 aromatic heterocycles. The van der Waals surface area contributed by atoms with E-state index in [4.69, 9.17) is 14.6 Å². The highest BCUT2D eigenvalue weighted by Crippen LogP contribution is 2.35. The predicted octanol–water partition coefficient (Wildman–Crippen LogP) is 1.26. The summed E-state index contributed by atoms with van der Waals surface area (Å²) in [5, 5.41) is 21.4. The van der Waals surface area contributed by atoms with Gasteiger partial charge in [0.05, 0.1) is 31.4 Å². The smallest absolute Gasteiger partial charge is 0.172 e. The third-order valence-corrected chi connectivity index (χ3v) is 2.90. The molecule has 0 saturated heterocycles. The molecule has 0 aliphatic rings. The fourth-order valence-electron chi connectivity index (χ4n) is 1.43. The largest absolute Gasteiger partial charge is 0.503 e. The van der Waals surface area contributed by atoms with Crippen LogP contribution in [0.1, 0.15) is 5.56 Å². The number of hydrogen-bond acceptors (Lipinski definition) is 5. The van der Waals surface area contributed by atoms with Gasteiger partial charge in [-0.1, -0.05) is 0 Å². The van der Waals surface area contributed by atoms with Crippen molar-refractivity contribution >= 4 is 15.9 Å². The number of ether oxygens (including phenoxy) is 2. The fourth-order valence-corrected chi connectivity index (χ4v) is 1.92. The van der Waals surface area contributed by atoms with Gasteiger partial charge in [0, 0.05) is 13.1 Å². The van der Waals surface area contributed by atoms with E-state index < -0.39 is 0 Å². The lowest BCUT2D eigenvalue weighted by molar-refractivity contribution is 0.0938. The highest BCUT2D eigenvalue weighted by Gasteiger charge is 2.08. The Hall–Kier alpha value is -0.820. The molecule has 18 heavy (non-hydrogen) atoms. The molecule has 0 unspecified atom stereocenters. The number of aromatic hydroxyl groups is 1. The normalized spacial score (nSPS) is 10.6. The lowest BCUT2D eigenvalue weighted by Gasteiger charge is -2.10. The molecule has 0 spiro atoms. The van der Waals surface area contributed by atoms with Gasteiger partial charge < -0.3 is 25.0 Å². The first-order valence-corrected chi connectivity index (χ1v) is 6.43. The number of phenols is 1. The summed E-state index contributed by atoms with van der Waals surface area (Å²) in [6, 6.07) is 3.61. The van der Waals surface area contributed by atoms with Gasteiger partial charge in [-0.05, 0) is 33.6 Å². The van der Waals surface area contributed by atoms with Crippen molar-refractivity contribution in [3.05, 3.63) is 22.2 Å². The van der Waals surface area contributed by atoms with Gasteiger partial charge in [0.15, 0.2) is 11.5 Å². The van der Waals surface area contributed by atoms with E-state index in [0.717, 1.165) is 5.56 Å². The number of hydrogen-bond donors (Lipinski definition) is 3. The lowest BCUT2D eigenvalue weighted by atomic mass is 10.2. The van der Waals surface area contributed by atoms with Crippen LogP contribution < -0.4 is 10.1 Å². The van der Waals surface area contributed by atoms with Gasteiger partial charge in [0.25, 0.3) is 0 Å². The van der Waals surface area contributed by atoms with Gasteiger partial charge in [-0.25, -0.2) is 0 Å². The van der Waals surface area contributed by atoms with Crippen molar-refractivity contribution in [1.29, 1.82) is 0 Å². The number of rotatable bonds is 8. The number of halogens is 1. The molecule has 0 aliphatic heterocycles. The molecule has 0 bridgehead atoms. The van der Waals surface area contributed by atoms with Gasteiger partial charge in [-0.15, -0.1) is 0 Å². The number of methoxy groups -OCH3 is 1. The summed E-state index contributed by atoms with van der Waals surface area (Å²) in [5.74, 6) is 0.547. The Morgan fingerprint density at radius 3 is 2.78 bits per heavy atom. The Labute approximate surface area is 115 Å². The van der Waals surface area contributed by atoms with Crippen LogP contribution in [-0.2, 0) is 11.3 Å². The van der Waals surface area contributed by atoms with E-state index in [1.54, 1.807) is 6.07 Å². The Morgan fingerprint density at radius 2 is 2.11 bits per heavy atom. The van der Waals surface area contributed by atoms with Crippen LogP contribution in [0.25, 0.3) is 0 Å². The highest BCUT2D eigenvalue weighted by molar-refractivity contribution is 9.10. The van der Waals surface area contributed by atoms with Crippen LogP contribution >= 0.6 is 15.9 Å². The second kappa shape index (κ2) is 8.31. The Bertz CT molecular complexity index is 373. The molecular formula is C12H18BrNO4. The number of phenolic OH excluding ortho intramolecular Hbond substituents is 1. The van der Waals surface area contributed by atoms with E-state index >= 15 is 0 Å². The van der Waals surface area contributed by atoms with Gasteiger partial charge >= 0.3 is 0 Å². The predicted molar refractivity (Wildman–Crippen MR) is 72.0 cm³/mol. The molecule has 0 fully saturated rings. The molecule has 5 nitrogen and oxygen atoms in total. The third kappa shape index (κ3) is 4.81. The summed E-state index contributed by atoms with van der Waals surface area (Å²) >= 11 is 3.27. The van der Waals surface area contributed by atoms with Crippen molar-refractivity contribution in [3.63, 3.8) is 0 Å². The van der Waals surface area contributed by atoms with Gasteiger partial charge in [0.1, 0.15) is 0 Å². The molecule has 0 atom stereocenters. The summed E-state index contributed by atoms with van der Waals surface area (Å²) in [6.45, 7) is 2.30. The minimum absolute atomic E-state index is 0.0438. The first-order valence-electron chi connectivity index (χ1n) is 5.63. The maximum atomic E-state index is 9.65. The zero-order valence-corrected chi connectivity index (χ0v) is 11.9. The fraction of sp³-hybridized carbons (Fsp3) is 0.500. The zero-order chi connectivity index (χ0) is 13.4. The molecule has 1 aromatic carbocycles. The number of benzene rings is 1. The van der Waals surface area contributed by atoms with Crippen molar-refractivity contribution < 1.29 is 19.7 Å². The lowest BCUT2D eigenvalue weighted by Crippen LogP contribution is -2.20. The van der Waals surface area contributed by atoms with Crippen LogP contribution in [0.4, 0.5) is 0 Å². The Morgan fingerprint density at radius 1 is 1.33 bits per heavy atom. The van der Waals surface area contributed by atoms with Crippen molar-refractivity contribution in [1.82, 2.24) is 5.32 Å². The summed E-state index contributed by atoms with van der Waals surface area (Å²) in [5.41, 5.74) is 0.999. The summed E-state index contributed by atoms with van der Waals surface area (Å²) in [6.07, 6.45) is 0. The van der Waals surface area contributed by atoms with Crippen LogP contribution in [0, 0.1) is 0 Å². The molecule has 102 valence electrons. The number of aliphatic hydroxyl groups is 1. The maximum Gasteiger partial charge on any atom is 0.172 e. The summed E-state index contributed by atoms with van der Waals surface area (Å²) in [7, 11) is 1.52. The third-order valence-electron chi connectivity index (χ3n) is 2.30. The molecule has 3 N–H and O–H groups in total. The van der Waals surface area contributed by atoms with Crippen LogP contribution in [0.3, 0.4) is 0 Å². The van der Waals surface area contributed by atoms with Crippen molar-refractivity contribution in [2.24, 2.45) is 0 Å². The van der Waals surface area contributed by atoms with Crippen LogP contribution in [0.15, 0.2) is 16.6 Å². The first-order chi connectivity index (χ1) is 8.69. The zero-order valence-electron chi connectivity index (χ0n) is 10.3. The van der Waals surface area contributed by atoms with Gasteiger partial charge in [-0.3, -0.25) is 0 Å². The number of nitrogens with one attached hydrogen (secondary N) is 1. The SMILES string of the molecule is COc1cc(CNCCOCCO)cc(Br)c1O. The molecule has 0 radical (unpaired) electrons. The Balaban J connectivity index is 2.40. The highest BCUT2D eigenvalue weighted by atomic mass is 79.9. The standard InChI is InChI=1S/C12H18BrNO4/c1-17-11-7-9(6-10(13)12(11)16)8-14-2-4-18-5-3-15/h6-7,14-16H,2-5,8H2,1H3. The molecule has 6 heteroatoms. The molecule has 0 aliphatic carbocycles. The van der Waals surface area contributed by atoms with Crippen LogP contribution in [0.5, 0.6) is 11.5 Å². The van der Waals surface area contributed by atoms with Crippen molar-refractivity contribution in [2.45, 2.75) is 6.54 Å². The minimum atomic E-state index is 0.0438. The van der Waals surface area contributed by atoms with Gasteiger partial charge in [-0.2, -0.15) is 0 Å². The van der Waals surface area contributed by atoms with E-state index in [-0.39, 0.29) is 12.4 Å². The van der Waals surface area contributed by atoms with E-state index in [1.807, 2.05) is 6.07 Å². The molecule has 0 amide bonds. The van der Waals surface area contributed by atoms with Crippen LogP contribution in [0.2, 0.25) is 0 Å². The quantitative estimate of drug-likeness (QED) is 0.629. The van der Waals surface area contributed by atoms with Crippen molar-refractivity contribution in [2.75, 3.05) is 33.5 Å². The monoisotopic (exact) mass is 319 g/mol. The second-order valence-electron chi connectivity index (χ2n) is 3.64. The molecule has 0 heterocycles. The van der Waals surface area contributed by atoms with E-state index in [9.17, 15) is 5.11 Å².